The summed E-state index contributed by atoms with van der Waals surface area (Å²) in [5, 5.41) is 2.95. The van der Waals surface area contributed by atoms with Crippen molar-refractivity contribution in [1.82, 2.24) is 4.90 Å². The van der Waals surface area contributed by atoms with Gasteiger partial charge in [-0.3, -0.25) is 19.3 Å². The third kappa shape index (κ3) is 4.50. The Balaban J connectivity index is 1.15. The number of rotatable bonds is 7. The molecule has 3 aliphatic carbocycles. The predicted molar refractivity (Wildman–Crippen MR) is 185 cm³/mol. The first-order valence-corrected chi connectivity index (χ1v) is 16.6. The van der Waals surface area contributed by atoms with E-state index in [1.165, 1.54) is 0 Å². The predicted octanol–water partition coefficient (Wildman–Crippen LogP) is 7.93. The van der Waals surface area contributed by atoms with Crippen molar-refractivity contribution in [2.24, 2.45) is 11.8 Å². The number of nitrogens with one attached hydrogen (secondary N) is 1. The van der Waals surface area contributed by atoms with E-state index in [4.69, 9.17) is 27.9 Å². The van der Waals surface area contributed by atoms with Crippen LogP contribution < -0.4 is 10.1 Å². The number of carbonyl (C=O) groups excluding carboxylic acids is 3. The highest BCUT2D eigenvalue weighted by atomic mass is 35.5. The summed E-state index contributed by atoms with van der Waals surface area (Å²) >= 11 is 15.3. The number of alkyl halides is 2. The Morgan fingerprint density at radius 3 is 1.75 bits per heavy atom. The number of nitrogens with zero attached hydrogens (tertiary/aromatic N) is 1. The van der Waals surface area contributed by atoms with E-state index < -0.39 is 45.3 Å². The van der Waals surface area contributed by atoms with Gasteiger partial charge in [0.15, 0.2) is 0 Å². The second-order valence-electron chi connectivity index (χ2n) is 12.7. The molecule has 238 valence electrons. The van der Waals surface area contributed by atoms with Gasteiger partial charge in [-0.15, -0.1) is 23.2 Å². The Bertz CT molecular complexity index is 1980. The van der Waals surface area contributed by atoms with Crippen molar-refractivity contribution >= 4 is 46.6 Å². The van der Waals surface area contributed by atoms with Crippen LogP contribution in [-0.4, -0.2) is 28.7 Å². The van der Waals surface area contributed by atoms with Crippen molar-refractivity contribution in [2.75, 3.05) is 5.32 Å². The summed E-state index contributed by atoms with van der Waals surface area (Å²) in [6.45, 7) is 1.99. The fraction of sp³-hybridized carbons (Fsp3) is 0.175. The van der Waals surface area contributed by atoms with E-state index in [9.17, 15) is 14.4 Å². The Labute approximate surface area is 288 Å². The van der Waals surface area contributed by atoms with Crippen molar-refractivity contribution in [2.45, 2.75) is 29.1 Å². The number of hydrogen-bond acceptors (Lipinski definition) is 4. The van der Waals surface area contributed by atoms with Gasteiger partial charge in [0.2, 0.25) is 17.7 Å². The maximum absolute atomic E-state index is 14.7. The average Bonchev–Trinajstić information content (AvgIpc) is 3.37. The van der Waals surface area contributed by atoms with Gasteiger partial charge in [-0.25, -0.2) is 0 Å². The number of anilines is 1. The highest BCUT2D eigenvalue weighted by Gasteiger charge is 2.73. The number of aryl methyl sites for hydroxylation is 1. The molecule has 1 heterocycles. The zero-order valence-electron chi connectivity index (χ0n) is 25.9. The monoisotopic (exact) mass is 672 g/mol. The van der Waals surface area contributed by atoms with Gasteiger partial charge in [-0.1, -0.05) is 91.0 Å². The van der Waals surface area contributed by atoms with Gasteiger partial charge in [-0.05, 0) is 76.7 Å². The lowest BCUT2D eigenvalue weighted by Gasteiger charge is -2.54. The number of carbonyl (C=O) groups is 3. The van der Waals surface area contributed by atoms with Crippen LogP contribution in [0.25, 0.3) is 0 Å². The lowest BCUT2D eigenvalue weighted by atomic mass is 9.54. The fourth-order valence-corrected chi connectivity index (χ4v) is 8.88. The van der Waals surface area contributed by atoms with Crippen molar-refractivity contribution in [3.63, 3.8) is 0 Å². The molecule has 1 fully saturated rings. The molecule has 5 aromatic carbocycles. The minimum atomic E-state index is -1.34. The van der Waals surface area contributed by atoms with Crippen molar-refractivity contribution < 1.29 is 19.1 Å². The SMILES string of the molecule is Cc1cccc(Oc2ccc(NC(=O)[C@H](Cc3ccccc3)N3C(=O)[C@H]4[C@H](C3=O)C3(Cl)c5ccccc5C4(Cl)c4ccccc43)cc2)c1. The van der Waals surface area contributed by atoms with Gasteiger partial charge < -0.3 is 10.1 Å². The molecule has 48 heavy (non-hydrogen) atoms. The smallest absolute Gasteiger partial charge is 0.248 e. The molecule has 9 rings (SSSR count). The van der Waals surface area contributed by atoms with Crippen LogP contribution in [0, 0.1) is 18.8 Å². The van der Waals surface area contributed by atoms with E-state index in [1.54, 1.807) is 24.3 Å². The molecule has 2 bridgehead atoms. The molecule has 1 N–H and O–H groups in total. The molecule has 6 nitrogen and oxygen atoms in total. The number of likely N-dealkylation sites (tertiary alicyclic amines) is 1. The summed E-state index contributed by atoms with van der Waals surface area (Å²) < 4.78 is 5.97. The molecule has 3 atom stereocenters. The molecular weight excluding hydrogens is 643 g/mol. The zero-order valence-corrected chi connectivity index (χ0v) is 27.4. The van der Waals surface area contributed by atoms with Crippen LogP contribution >= 0.6 is 23.2 Å². The Hall–Kier alpha value is -4.91. The summed E-state index contributed by atoms with van der Waals surface area (Å²) in [7, 11) is 0. The summed E-state index contributed by atoms with van der Waals surface area (Å²) in [5.74, 6) is -2.21. The van der Waals surface area contributed by atoms with E-state index >= 15 is 0 Å². The number of ether oxygens (including phenoxy) is 1. The summed E-state index contributed by atoms with van der Waals surface area (Å²) in [5.41, 5.74) is 5.21. The van der Waals surface area contributed by atoms with E-state index in [1.807, 2.05) is 110 Å². The van der Waals surface area contributed by atoms with E-state index in [-0.39, 0.29) is 6.42 Å². The van der Waals surface area contributed by atoms with E-state index in [0.717, 1.165) is 16.0 Å². The molecule has 1 aliphatic heterocycles. The first-order chi connectivity index (χ1) is 23.2. The average molecular weight is 674 g/mol. The molecule has 0 radical (unpaired) electrons. The third-order valence-corrected chi connectivity index (χ3v) is 11.1. The minimum absolute atomic E-state index is 0.114. The minimum Gasteiger partial charge on any atom is -0.457 e. The highest BCUT2D eigenvalue weighted by molar-refractivity contribution is 6.36. The maximum Gasteiger partial charge on any atom is 0.248 e. The van der Waals surface area contributed by atoms with Gasteiger partial charge in [0, 0.05) is 12.1 Å². The lowest BCUT2D eigenvalue weighted by Crippen LogP contribution is -2.57. The standard InChI is InChI=1S/C40H30Cl2N2O4/c1-24-10-9-13-28(22-24)48-27-20-18-26(19-21-27)43-36(45)33(23-25-11-3-2-4-12-25)44-37(46)34-35(38(44)47)40(42)30-15-6-5-14-29(30)39(34,41)31-16-7-8-17-32(31)40/h2-22,33-35H,23H2,1H3,(H,43,45)/t33-,34+,35+,39?,40?/m0/s1. The van der Waals surface area contributed by atoms with Crippen molar-refractivity contribution in [3.05, 3.63) is 161 Å². The summed E-state index contributed by atoms with van der Waals surface area (Å²) in [6, 6.07) is 37.9. The van der Waals surface area contributed by atoms with Crippen LogP contribution in [0.15, 0.2) is 127 Å². The number of imide groups is 1. The summed E-state index contributed by atoms with van der Waals surface area (Å²) in [6.07, 6.45) is 0.114. The van der Waals surface area contributed by atoms with Crippen molar-refractivity contribution in [1.29, 1.82) is 0 Å². The fourth-order valence-electron chi connectivity index (χ4n) is 7.78. The van der Waals surface area contributed by atoms with Crippen LogP contribution in [0.3, 0.4) is 0 Å². The topological polar surface area (TPSA) is 75.7 Å². The number of benzene rings is 5. The Morgan fingerprint density at radius 1 is 0.708 bits per heavy atom. The van der Waals surface area contributed by atoms with E-state index in [2.05, 4.69) is 5.32 Å². The van der Waals surface area contributed by atoms with Crippen LogP contribution in [-0.2, 0) is 30.6 Å². The third-order valence-electron chi connectivity index (χ3n) is 9.85. The Morgan fingerprint density at radius 2 is 1.23 bits per heavy atom. The molecule has 3 amide bonds. The highest BCUT2D eigenvalue weighted by Crippen LogP contribution is 2.69. The second-order valence-corrected chi connectivity index (χ2v) is 13.8. The first kappa shape index (κ1) is 30.4. The molecule has 5 aromatic rings. The molecule has 1 saturated heterocycles. The van der Waals surface area contributed by atoms with Gasteiger partial charge >= 0.3 is 0 Å². The van der Waals surface area contributed by atoms with Crippen LogP contribution in [0.4, 0.5) is 5.69 Å². The molecule has 0 aromatic heterocycles. The normalized spacial score (nSPS) is 24.0. The van der Waals surface area contributed by atoms with Crippen LogP contribution in [0.5, 0.6) is 11.5 Å². The second kappa shape index (κ2) is 11.4. The Kier molecular flexibility index (Phi) is 7.20. The maximum atomic E-state index is 14.7. The molecule has 8 heteroatoms. The molecular formula is C40H30Cl2N2O4. The molecule has 0 saturated carbocycles. The zero-order chi connectivity index (χ0) is 33.2. The van der Waals surface area contributed by atoms with Gasteiger partial charge in [0.1, 0.15) is 27.3 Å². The molecule has 0 spiro atoms. The largest absolute Gasteiger partial charge is 0.457 e. The molecule has 4 aliphatic rings. The van der Waals surface area contributed by atoms with Crippen molar-refractivity contribution in [3.8, 4) is 11.5 Å². The van der Waals surface area contributed by atoms with Gasteiger partial charge in [-0.2, -0.15) is 0 Å². The first-order valence-electron chi connectivity index (χ1n) is 15.9. The molecule has 0 unspecified atom stereocenters. The van der Waals surface area contributed by atoms with Crippen LogP contribution in [0.2, 0.25) is 0 Å². The lowest BCUT2D eigenvalue weighted by molar-refractivity contribution is -0.146. The number of amides is 3. The number of halogens is 2. The van der Waals surface area contributed by atoms with E-state index in [0.29, 0.717) is 39.4 Å². The number of hydrogen-bond donors (Lipinski definition) is 1. The quantitative estimate of drug-likeness (QED) is 0.141. The van der Waals surface area contributed by atoms with Gasteiger partial charge in [0.05, 0.1) is 11.8 Å². The summed E-state index contributed by atoms with van der Waals surface area (Å²) in [4.78, 5) is 42.1. The van der Waals surface area contributed by atoms with Crippen LogP contribution in [0.1, 0.15) is 33.4 Å². The van der Waals surface area contributed by atoms with Gasteiger partial charge in [0.25, 0.3) is 0 Å².